The van der Waals surface area contributed by atoms with Crippen LogP contribution in [0.5, 0.6) is 0 Å². The van der Waals surface area contributed by atoms with Crippen LogP contribution in [0.1, 0.15) is 23.4 Å². The summed E-state index contributed by atoms with van der Waals surface area (Å²) in [6.07, 6.45) is -2.94. The molecule has 0 atom stereocenters. The highest BCUT2D eigenvalue weighted by Gasteiger charge is 2.23. The molecule has 0 aromatic carbocycles. The van der Waals surface area contributed by atoms with E-state index in [1.165, 1.54) is 6.07 Å². The Labute approximate surface area is 97.0 Å². The number of aromatic nitrogens is 1. The predicted octanol–water partition coefficient (Wildman–Crippen LogP) is 2.69. The maximum absolute atomic E-state index is 12.5. The lowest BCUT2D eigenvalue weighted by atomic mass is 10.1. The average Bonchev–Trinajstić information content (AvgIpc) is 2.26. The zero-order chi connectivity index (χ0) is 12.3. The van der Waals surface area contributed by atoms with E-state index in [1.807, 2.05) is 0 Å². The SMILES string of the molecule is N#Cc1cc([N+](=O)[O-])c(CBr)nc1C(F)F. The molecular weight excluding hydrogens is 288 g/mol. The average molecular weight is 292 g/mol. The van der Waals surface area contributed by atoms with E-state index in [0.717, 1.165) is 6.07 Å². The van der Waals surface area contributed by atoms with Crippen LogP contribution in [0.2, 0.25) is 0 Å². The Morgan fingerprint density at radius 3 is 2.69 bits per heavy atom. The molecule has 1 heterocycles. The summed E-state index contributed by atoms with van der Waals surface area (Å²) >= 11 is 2.91. The van der Waals surface area contributed by atoms with Crippen molar-refractivity contribution in [3.8, 4) is 6.07 Å². The standard InChI is InChI=1S/C8H4BrF2N3O2/c9-2-5-6(14(15)16)1-4(3-12)7(13-5)8(10)11/h1,8H,2H2. The topological polar surface area (TPSA) is 79.8 Å². The van der Waals surface area contributed by atoms with Gasteiger partial charge in [-0.2, -0.15) is 5.26 Å². The van der Waals surface area contributed by atoms with E-state index in [9.17, 15) is 18.9 Å². The molecule has 8 heteroatoms. The third-order valence-corrected chi connectivity index (χ3v) is 2.29. The van der Waals surface area contributed by atoms with Crippen molar-refractivity contribution in [3.05, 3.63) is 33.1 Å². The molecule has 0 spiro atoms. The van der Waals surface area contributed by atoms with Crippen molar-refractivity contribution in [3.63, 3.8) is 0 Å². The van der Waals surface area contributed by atoms with Crippen molar-refractivity contribution >= 4 is 21.6 Å². The number of rotatable bonds is 3. The van der Waals surface area contributed by atoms with Gasteiger partial charge in [0, 0.05) is 6.07 Å². The Morgan fingerprint density at radius 2 is 2.31 bits per heavy atom. The van der Waals surface area contributed by atoms with Gasteiger partial charge in [0.2, 0.25) is 0 Å². The van der Waals surface area contributed by atoms with Crippen molar-refractivity contribution in [2.24, 2.45) is 0 Å². The highest BCUT2D eigenvalue weighted by molar-refractivity contribution is 9.08. The molecule has 0 saturated carbocycles. The third kappa shape index (κ3) is 2.30. The van der Waals surface area contributed by atoms with Gasteiger partial charge in [-0.05, 0) is 0 Å². The number of alkyl halides is 3. The fraction of sp³-hybridized carbons (Fsp3) is 0.250. The molecule has 0 radical (unpaired) electrons. The van der Waals surface area contributed by atoms with E-state index in [0.29, 0.717) is 0 Å². The maximum Gasteiger partial charge on any atom is 0.292 e. The van der Waals surface area contributed by atoms with Crippen LogP contribution in [0.25, 0.3) is 0 Å². The van der Waals surface area contributed by atoms with Crippen LogP contribution in [0.15, 0.2) is 6.07 Å². The van der Waals surface area contributed by atoms with Gasteiger partial charge < -0.3 is 0 Å². The minimum atomic E-state index is -2.94. The normalized spacial score (nSPS) is 10.2. The van der Waals surface area contributed by atoms with Gasteiger partial charge in [-0.1, -0.05) is 15.9 Å². The van der Waals surface area contributed by atoms with Gasteiger partial charge in [0.1, 0.15) is 17.5 Å². The van der Waals surface area contributed by atoms with Crippen molar-refractivity contribution < 1.29 is 13.7 Å². The van der Waals surface area contributed by atoms with Crippen LogP contribution < -0.4 is 0 Å². The van der Waals surface area contributed by atoms with Crippen LogP contribution in [-0.4, -0.2) is 9.91 Å². The number of pyridine rings is 1. The molecule has 5 nitrogen and oxygen atoms in total. The maximum atomic E-state index is 12.5. The Balaban J connectivity index is 3.48. The van der Waals surface area contributed by atoms with Crippen molar-refractivity contribution in [1.29, 1.82) is 5.26 Å². The third-order valence-electron chi connectivity index (χ3n) is 1.76. The first-order valence-electron chi connectivity index (χ1n) is 3.93. The second-order valence-corrected chi connectivity index (χ2v) is 3.25. The van der Waals surface area contributed by atoms with Crippen LogP contribution in [-0.2, 0) is 5.33 Å². The van der Waals surface area contributed by atoms with Crippen LogP contribution >= 0.6 is 15.9 Å². The molecule has 0 fully saturated rings. The molecule has 0 N–H and O–H groups in total. The van der Waals surface area contributed by atoms with Gasteiger partial charge in [-0.25, -0.2) is 13.8 Å². The summed E-state index contributed by atoms with van der Waals surface area (Å²) in [7, 11) is 0. The summed E-state index contributed by atoms with van der Waals surface area (Å²) in [5, 5.41) is 19.1. The van der Waals surface area contributed by atoms with Gasteiger partial charge >= 0.3 is 0 Å². The van der Waals surface area contributed by atoms with Crippen molar-refractivity contribution in [1.82, 2.24) is 4.98 Å². The van der Waals surface area contributed by atoms with Gasteiger partial charge in [-0.3, -0.25) is 10.1 Å². The lowest BCUT2D eigenvalue weighted by molar-refractivity contribution is -0.385. The summed E-state index contributed by atoms with van der Waals surface area (Å²) in [4.78, 5) is 13.2. The Kier molecular flexibility index (Phi) is 3.84. The smallest absolute Gasteiger partial charge is 0.258 e. The molecule has 84 valence electrons. The van der Waals surface area contributed by atoms with Gasteiger partial charge in [0.15, 0.2) is 0 Å². The number of nitrogens with zero attached hydrogens (tertiary/aromatic N) is 3. The molecule has 0 unspecified atom stereocenters. The molecule has 0 aliphatic rings. The summed E-state index contributed by atoms with van der Waals surface area (Å²) in [6.45, 7) is 0. The number of halogens is 3. The zero-order valence-corrected chi connectivity index (χ0v) is 9.24. The fourth-order valence-electron chi connectivity index (χ4n) is 1.07. The lowest BCUT2D eigenvalue weighted by Crippen LogP contribution is -2.03. The summed E-state index contributed by atoms with van der Waals surface area (Å²) in [5.74, 6) is 0. The van der Waals surface area contributed by atoms with Crippen molar-refractivity contribution in [2.45, 2.75) is 11.8 Å². The Hall–Kier alpha value is -1.62. The molecule has 0 aliphatic carbocycles. The Morgan fingerprint density at radius 1 is 1.69 bits per heavy atom. The lowest BCUT2D eigenvalue weighted by Gasteiger charge is -2.04. The van der Waals surface area contributed by atoms with Gasteiger partial charge in [0.05, 0.1) is 15.8 Å². The monoisotopic (exact) mass is 291 g/mol. The first-order chi connectivity index (χ1) is 7.51. The Bertz CT molecular complexity index is 473. The molecule has 0 bridgehead atoms. The molecule has 0 saturated heterocycles. The summed E-state index contributed by atoms with van der Waals surface area (Å²) in [5.41, 5.74) is -1.79. The van der Waals surface area contributed by atoms with Crippen LogP contribution in [0.3, 0.4) is 0 Å². The predicted molar refractivity (Wildman–Crippen MR) is 53.2 cm³/mol. The van der Waals surface area contributed by atoms with Crippen LogP contribution in [0.4, 0.5) is 14.5 Å². The first kappa shape index (κ1) is 12.4. The first-order valence-corrected chi connectivity index (χ1v) is 5.05. The van der Waals surface area contributed by atoms with E-state index in [2.05, 4.69) is 20.9 Å². The van der Waals surface area contributed by atoms with E-state index in [-0.39, 0.29) is 11.0 Å². The molecule has 1 rings (SSSR count). The number of hydrogen-bond donors (Lipinski definition) is 0. The molecule has 1 aromatic rings. The molecular formula is C8H4BrF2N3O2. The molecule has 16 heavy (non-hydrogen) atoms. The summed E-state index contributed by atoms with van der Waals surface area (Å²) < 4.78 is 24.9. The highest BCUT2D eigenvalue weighted by Crippen LogP contribution is 2.27. The molecule has 1 aromatic heterocycles. The second kappa shape index (κ2) is 4.94. The summed E-state index contributed by atoms with van der Waals surface area (Å²) in [6, 6.07) is 2.27. The van der Waals surface area contributed by atoms with Crippen LogP contribution in [0, 0.1) is 21.4 Å². The second-order valence-electron chi connectivity index (χ2n) is 2.69. The fourth-order valence-corrected chi connectivity index (χ4v) is 1.48. The minimum Gasteiger partial charge on any atom is -0.258 e. The molecule has 0 aliphatic heterocycles. The van der Waals surface area contributed by atoms with E-state index < -0.39 is 28.3 Å². The van der Waals surface area contributed by atoms with E-state index >= 15 is 0 Å². The zero-order valence-electron chi connectivity index (χ0n) is 7.65. The van der Waals surface area contributed by atoms with E-state index in [1.54, 1.807) is 0 Å². The molecule has 0 amide bonds. The van der Waals surface area contributed by atoms with Crippen molar-refractivity contribution in [2.75, 3.05) is 0 Å². The number of nitriles is 1. The van der Waals surface area contributed by atoms with Gasteiger partial charge in [-0.15, -0.1) is 0 Å². The van der Waals surface area contributed by atoms with E-state index in [4.69, 9.17) is 5.26 Å². The highest BCUT2D eigenvalue weighted by atomic mass is 79.9. The van der Waals surface area contributed by atoms with Gasteiger partial charge in [0.25, 0.3) is 12.1 Å². The minimum absolute atomic E-state index is 0.0330. The number of nitro groups is 1. The quantitative estimate of drug-likeness (QED) is 0.487. The number of hydrogen-bond acceptors (Lipinski definition) is 4. The largest absolute Gasteiger partial charge is 0.292 e.